The van der Waals surface area contributed by atoms with Gasteiger partial charge in [0.25, 0.3) is 11.8 Å². The van der Waals surface area contributed by atoms with Crippen LogP contribution in [0.3, 0.4) is 0 Å². The lowest BCUT2D eigenvalue weighted by molar-refractivity contribution is -0.142. The third kappa shape index (κ3) is 5.47. The Balaban J connectivity index is 1.50. The zero-order valence-electron chi connectivity index (χ0n) is 19.8. The van der Waals surface area contributed by atoms with E-state index in [1.807, 2.05) is 26.0 Å². The molecule has 1 heterocycles. The van der Waals surface area contributed by atoms with Crippen LogP contribution in [-0.2, 0) is 9.53 Å². The maximum Gasteiger partial charge on any atom is 0.343 e. The van der Waals surface area contributed by atoms with Crippen molar-refractivity contribution >= 4 is 40.4 Å². The fourth-order valence-corrected chi connectivity index (χ4v) is 3.84. The summed E-state index contributed by atoms with van der Waals surface area (Å²) in [4.78, 5) is 44.1. The summed E-state index contributed by atoms with van der Waals surface area (Å²) in [6.45, 7) is 3.66. The van der Waals surface area contributed by atoms with Crippen LogP contribution in [0.4, 0.5) is 0 Å². The summed E-state index contributed by atoms with van der Waals surface area (Å²) in [6, 6.07) is 15.0. The number of aryl methyl sites for hydroxylation is 2. The predicted octanol–water partition coefficient (Wildman–Crippen LogP) is 4.13. The molecule has 0 fully saturated rings. The van der Waals surface area contributed by atoms with Gasteiger partial charge >= 0.3 is 5.97 Å². The average molecular weight is 507 g/mol. The lowest BCUT2D eigenvalue weighted by atomic mass is 10.0. The van der Waals surface area contributed by atoms with Crippen molar-refractivity contribution < 1.29 is 23.9 Å². The SMILES string of the molecule is COC(=O)COc1cc(C)c(-c2nc3ccc(C(=O)NNC(=O)c4ccc(Cl)cc4)cc3[nH]2)c(C)c1. The number of fused-ring (bicyclic) bond motifs is 1. The highest BCUT2D eigenvalue weighted by atomic mass is 35.5. The monoisotopic (exact) mass is 506 g/mol. The second kappa shape index (κ2) is 10.5. The summed E-state index contributed by atoms with van der Waals surface area (Å²) < 4.78 is 10.1. The molecular weight excluding hydrogens is 484 g/mol. The largest absolute Gasteiger partial charge is 0.482 e. The fraction of sp³-hybridized carbons (Fsp3) is 0.154. The number of hydrogen-bond donors (Lipinski definition) is 3. The van der Waals surface area contributed by atoms with Gasteiger partial charge in [0.15, 0.2) is 6.61 Å². The zero-order chi connectivity index (χ0) is 25.8. The number of nitrogens with one attached hydrogen (secondary N) is 3. The number of nitrogens with zero attached hydrogens (tertiary/aromatic N) is 1. The molecule has 0 spiro atoms. The van der Waals surface area contributed by atoms with Crippen LogP contribution in [0.15, 0.2) is 54.6 Å². The molecule has 1 aromatic heterocycles. The van der Waals surface area contributed by atoms with Gasteiger partial charge in [0.2, 0.25) is 0 Å². The standard InChI is InChI=1S/C26H23ClN4O5/c1-14-10-19(36-13-22(32)35-3)11-15(2)23(14)24-28-20-9-6-17(12-21(20)29-24)26(34)31-30-25(33)16-4-7-18(27)8-5-16/h4-12H,13H2,1-3H3,(H,28,29)(H,30,33)(H,31,34). The molecule has 4 aromatic rings. The van der Waals surface area contributed by atoms with Crippen molar-refractivity contribution in [3.05, 3.63) is 81.9 Å². The smallest absolute Gasteiger partial charge is 0.343 e. The van der Waals surface area contributed by atoms with Crippen LogP contribution >= 0.6 is 11.6 Å². The fourth-order valence-electron chi connectivity index (χ4n) is 3.71. The predicted molar refractivity (Wildman–Crippen MR) is 135 cm³/mol. The van der Waals surface area contributed by atoms with Crippen molar-refractivity contribution in [1.82, 2.24) is 20.8 Å². The van der Waals surface area contributed by atoms with E-state index in [9.17, 15) is 14.4 Å². The normalized spacial score (nSPS) is 10.7. The molecule has 0 saturated carbocycles. The number of methoxy groups -OCH3 is 1. The molecule has 2 amide bonds. The van der Waals surface area contributed by atoms with E-state index in [0.717, 1.165) is 16.7 Å². The van der Waals surface area contributed by atoms with E-state index < -0.39 is 17.8 Å². The number of rotatable bonds is 6. The molecule has 0 radical (unpaired) electrons. The maximum atomic E-state index is 12.6. The molecule has 0 aliphatic heterocycles. The first-order valence-corrected chi connectivity index (χ1v) is 11.3. The molecule has 36 heavy (non-hydrogen) atoms. The molecule has 3 aromatic carbocycles. The Morgan fingerprint density at radius 3 is 2.17 bits per heavy atom. The molecule has 0 bridgehead atoms. The van der Waals surface area contributed by atoms with Gasteiger partial charge in [-0.05, 0) is 79.6 Å². The Morgan fingerprint density at radius 2 is 1.53 bits per heavy atom. The van der Waals surface area contributed by atoms with E-state index in [1.165, 1.54) is 7.11 Å². The van der Waals surface area contributed by atoms with E-state index >= 15 is 0 Å². The van der Waals surface area contributed by atoms with E-state index in [0.29, 0.717) is 38.8 Å². The van der Waals surface area contributed by atoms with Crippen molar-refractivity contribution in [3.63, 3.8) is 0 Å². The van der Waals surface area contributed by atoms with Crippen molar-refractivity contribution in [2.24, 2.45) is 0 Å². The summed E-state index contributed by atoms with van der Waals surface area (Å²) in [5.74, 6) is -0.219. The highest BCUT2D eigenvalue weighted by molar-refractivity contribution is 6.30. The first-order chi connectivity index (χ1) is 17.2. The van der Waals surface area contributed by atoms with Gasteiger partial charge in [0, 0.05) is 21.7 Å². The topological polar surface area (TPSA) is 122 Å². The number of aromatic nitrogens is 2. The Morgan fingerprint density at radius 1 is 0.917 bits per heavy atom. The second-order valence-electron chi connectivity index (χ2n) is 8.03. The van der Waals surface area contributed by atoms with E-state index in [2.05, 4.69) is 25.6 Å². The van der Waals surface area contributed by atoms with Gasteiger partial charge in [-0.25, -0.2) is 9.78 Å². The van der Waals surface area contributed by atoms with E-state index in [4.69, 9.17) is 16.3 Å². The molecule has 0 unspecified atom stereocenters. The van der Waals surface area contributed by atoms with Crippen molar-refractivity contribution in [3.8, 4) is 17.1 Å². The van der Waals surface area contributed by atoms with Gasteiger partial charge in [0.1, 0.15) is 11.6 Å². The minimum atomic E-state index is -0.477. The van der Waals surface area contributed by atoms with Crippen LogP contribution in [0.1, 0.15) is 31.8 Å². The number of esters is 1. The van der Waals surface area contributed by atoms with Gasteiger partial charge < -0.3 is 14.5 Å². The van der Waals surface area contributed by atoms with Crippen LogP contribution < -0.4 is 15.6 Å². The molecule has 4 rings (SSSR count). The zero-order valence-corrected chi connectivity index (χ0v) is 20.5. The molecule has 0 atom stereocenters. The van der Waals surface area contributed by atoms with Gasteiger partial charge in [-0.2, -0.15) is 0 Å². The number of carbonyl (C=O) groups excluding carboxylic acids is 3. The number of amides is 2. The highest BCUT2D eigenvalue weighted by Crippen LogP contribution is 2.31. The molecule has 0 saturated heterocycles. The molecule has 10 heteroatoms. The first kappa shape index (κ1) is 24.7. The number of ether oxygens (including phenoxy) is 2. The minimum Gasteiger partial charge on any atom is -0.482 e. The molecule has 0 aliphatic rings. The van der Waals surface area contributed by atoms with Crippen LogP contribution in [0.25, 0.3) is 22.4 Å². The highest BCUT2D eigenvalue weighted by Gasteiger charge is 2.15. The van der Waals surface area contributed by atoms with Gasteiger partial charge in [0.05, 0.1) is 18.1 Å². The maximum absolute atomic E-state index is 12.6. The number of H-pyrrole nitrogens is 1. The Bertz CT molecular complexity index is 1440. The Hall–Kier alpha value is -4.37. The summed E-state index contributed by atoms with van der Waals surface area (Å²) in [5.41, 5.74) is 9.53. The van der Waals surface area contributed by atoms with E-state index in [-0.39, 0.29) is 6.61 Å². The summed E-state index contributed by atoms with van der Waals surface area (Å²) in [7, 11) is 1.30. The summed E-state index contributed by atoms with van der Waals surface area (Å²) >= 11 is 5.83. The first-order valence-electron chi connectivity index (χ1n) is 10.9. The molecule has 184 valence electrons. The van der Waals surface area contributed by atoms with Crippen LogP contribution in [0, 0.1) is 13.8 Å². The van der Waals surface area contributed by atoms with Crippen LogP contribution in [0.2, 0.25) is 5.02 Å². The third-order valence-electron chi connectivity index (χ3n) is 5.47. The lowest BCUT2D eigenvalue weighted by Gasteiger charge is -2.11. The van der Waals surface area contributed by atoms with Crippen LogP contribution in [0.5, 0.6) is 5.75 Å². The Kier molecular flexibility index (Phi) is 7.21. The number of hydrazine groups is 1. The number of carbonyl (C=O) groups is 3. The van der Waals surface area contributed by atoms with Gasteiger partial charge in [-0.15, -0.1) is 0 Å². The molecule has 3 N–H and O–H groups in total. The number of imidazole rings is 1. The van der Waals surface area contributed by atoms with Crippen molar-refractivity contribution in [2.45, 2.75) is 13.8 Å². The minimum absolute atomic E-state index is 0.176. The molecular formula is C26H23ClN4O5. The molecule has 0 aliphatic carbocycles. The van der Waals surface area contributed by atoms with Crippen molar-refractivity contribution in [1.29, 1.82) is 0 Å². The van der Waals surface area contributed by atoms with Gasteiger partial charge in [-0.1, -0.05) is 11.6 Å². The Labute approximate surface area is 211 Å². The number of benzene rings is 3. The number of aromatic amines is 1. The van der Waals surface area contributed by atoms with Crippen LogP contribution in [-0.4, -0.2) is 41.5 Å². The molecule has 9 nitrogen and oxygen atoms in total. The average Bonchev–Trinajstić information content (AvgIpc) is 3.28. The number of halogens is 1. The lowest BCUT2D eigenvalue weighted by Crippen LogP contribution is -2.41. The summed E-state index contributed by atoms with van der Waals surface area (Å²) in [6.07, 6.45) is 0. The quantitative estimate of drug-likeness (QED) is 0.267. The van der Waals surface area contributed by atoms with Gasteiger partial charge in [-0.3, -0.25) is 20.4 Å². The second-order valence-corrected chi connectivity index (χ2v) is 8.47. The van der Waals surface area contributed by atoms with E-state index in [1.54, 1.807) is 42.5 Å². The third-order valence-corrected chi connectivity index (χ3v) is 5.72. The van der Waals surface area contributed by atoms with Crippen molar-refractivity contribution in [2.75, 3.05) is 13.7 Å². The summed E-state index contributed by atoms with van der Waals surface area (Å²) in [5, 5.41) is 0.510. The number of hydrogen-bond acceptors (Lipinski definition) is 6.